The number of benzene rings is 2. The lowest BCUT2D eigenvalue weighted by Crippen LogP contribution is -2.48. The SMILES string of the molecule is CO[C@H](C)[C@H](NC(=O)c1ccc(NC(=O)OCC2c3ccccc3-c3ccccc32)cn1)C(=O)O. The minimum absolute atomic E-state index is 0.00219. The van der Waals surface area contributed by atoms with Crippen LogP contribution in [0, 0.1) is 0 Å². The molecule has 1 aliphatic carbocycles. The largest absolute Gasteiger partial charge is 0.480 e. The second-order valence-electron chi connectivity index (χ2n) is 8.11. The van der Waals surface area contributed by atoms with Crippen LogP contribution in [0.3, 0.4) is 0 Å². The van der Waals surface area contributed by atoms with E-state index >= 15 is 0 Å². The minimum Gasteiger partial charge on any atom is -0.480 e. The van der Waals surface area contributed by atoms with Crippen molar-refractivity contribution in [3.8, 4) is 11.1 Å². The summed E-state index contributed by atoms with van der Waals surface area (Å²) in [5.41, 5.74) is 4.83. The maximum Gasteiger partial charge on any atom is 0.411 e. The van der Waals surface area contributed by atoms with E-state index in [2.05, 4.69) is 27.8 Å². The minimum atomic E-state index is -1.23. The van der Waals surface area contributed by atoms with Crippen LogP contribution in [0.5, 0.6) is 0 Å². The average Bonchev–Trinajstić information content (AvgIpc) is 3.19. The molecule has 0 fully saturated rings. The number of methoxy groups -OCH3 is 1. The van der Waals surface area contributed by atoms with Gasteiger partial charge in [0.05, 0.1) is 18.0 Å². The number of hydrogen-bond acceptors (Lipinski definition) is 6. The van der Waals surface area contributed by atoms with Gasteiger partial charge in [0, 0.05) is 13.0 Å². The first-order valence-electron chi connectivity index (χ1n) is 11.0. The van der Waals surface area contributed by atoms with Gasteiger partial charge in [0.25, 0.3) is 5.91 Å². The molecule has 0 spiro atoms. The number of ether oxygens (including phenoxy) is 2. The zero-order chi connectivity index (χ0) is 24.9. The number of anilines is 1. The Hall–Kier alpha value is -4.24. The third-order valence-electron chi connectivity index (χ3n) is 5.98. The fourth-order valence-electron chi connectivity index (χ4n) is 4.09. The lowest BCUT2D eigenvalue weighted by molar-refractivity contribution is -0.142. The molecule has 9 nitrogen and oxygen atoms in total. The van der Waals surface area contributed by atoms with Gasteiger partial charge in [-0.15, -0.1) is 0 Å². The summed E-state index contributed by atoms with van der Waals surface area (Å²) in [7, 11) is 1.36. The zero-order valence-corrected chi connectivity index (χ0v) is 19.2. The molecule has 3 N–H and O–H groups in total. The van der Waals surface area contributed by atoms with E-state index in [-0.39, 0.29) is 18.2 Å². The summed E-state index contributed by atoms with van der Waals surface area (Å²) in [6, 6.07) is 17.8. The van der Waals surface area contributed by atoms with Gasteiger partial charge in [-0.3, -0.25) is 10.1 Å². The molecule has 2 atom stereocenters. The molecule has 1 aromatic heterocycles. The summed E-state index contributed by atoms with van der Waals surface area (Å²) in [5, 5.41) is 14.2. The Morgan fingerprint density at radius 3 is 2.17 bits per heavy atom. The predicted molar refractivity (Wildman–Crippen MR) is 128 cm³/mol. The van der Waals surface area contributed by atoms with Gasteiger partial charge < -0.3 is 19.9 Å². The summed E-state index contributed by atoms with van der Waals surface area (Å²) < 4.78 is 10.5. The Labute approximate surface area is 202 Å². The highest BCUT2D eigenvalue weighted by Crippen LogP contribution is 2.44. The highest BCUT2D eigenvalue weighted by molar-refractivity contribution is 5.95. The lowest BCUT2D eigenvalue weighted by Gasteiger charge is -2.19. The molecule has 0 radical (unpaired) electrons. The second-order valence-corrected chi connectivity index (χ2v) is 8.11. The van der Waals surface area contributed by atoms with Gasteiger partial charge in [-0.05, 0) is 41.3 Å². The summed E-state index contributed by atoms with van der Waals surface area (Å²) >= 11 is 0. The van der Waals surface area contributed by atoms with Crippen LogP contribution < -0.4 is 10.6 Å². The number of rotatable bonds is 8. The smallest absolute Gasteiger partial charge is 0.411 e. The Kier molecular flexibility index (Phi) is 7.07. The van der Waals surface area contributed by atoms with Crippen molar-refractivity contribution < 1.29 is 29.0 Å². The van der Waals surface area contributed by atoms with Crippen LogP contribution in [-0.4, -0.2) is 53.9 Å². The van der Waals surface area contributed by atoms with E-state index in [1.165, 1.54) is 32.4 Å². The molecule has 0 saturated heterocycles. The number of carboxylic acids is 1. The van der Waals surface area contributed by atoms with Gasteiger partial charge in [0.1, 0.15) is 12.3 Å². The number of amides is 2. The molecule has 0 saturated carbocycles. The van der Waals surface area contributed by atoms with Crippen molar-refractivity contribution in [2.45, 2.75) is 25.0 Å². The molecule has 1 heterocycles. The van der Waals surface area contributed by atoms with Crippen LogP contribution >= 0.6 is 0 Å². The number of carboxylic acid groups (broad SMARTS) is 1. The highest BCUT2D eigenvalue weighted by atomic mass is 16.5. The maximum atomic E-state index is 12.4. The normalized spacial score (nSPS) is 13.8. The number of nitrogens with zero attached hydrogens (tertiary/aromatic N) is 1. The van der Waals surface area contributed by atoms with Crippen LogP contribution in [0.25, 0.3) is 11.1 Å². The summed E-state index contributed by atoms with van der Waals surface area (Å²) in [6.07, 6.45) is -0.0806. The molecule has 1 aliphatic rings. The van der Waals surface area contributed by atoms with Gasteiger partial charge in [-0.1, -0.05) is 48.5 Å². The quantitative estimate of drug-likeness (QED) is 0.454. The molecular weight excluding hydrogens is 450 g/mol. The van der Waals surface area contributed by atoms with Gasteiger partial charge >= 0.3 is 12.1 Å². The number of fused-ring (bicyclic) bond motifs is 3. The number of carbonyl (C=O) groups is 3. The van der Waals surface area contributed by atoms with E-state index in [1.54, 1.807) is 0 Å². The van der Waals surface area contributed by atoms with E-state index in [0.29, 0.717) is 5.69 Å². The monoisotopic (exact) mass is 475 g/mol. The number of pyridine rings is 1. The van der Waals surface area contributed by atoms with E-state index in [0.717, 1.165) is 22.3 Å². The van der Waals surface area contributed by atoms with E-state index < -0.39 is 30.1 Å². The number of aliphatic carboxylic acids is 1. The number of nitrogens with one attached hydrogen (secondary N) is 2. The highest BCUT2D eigenvalue weighted by Gasteiger charge is 2.29. The molecular formula is C26H25N3O6. The first-order valence-corrected chi connectivity index (χ1v) is 11.0. The molecule has 180 valence electrons. The van der Waals surface area contributed by atoms with Crippen LogP contribution in [0.1, 0.15) is 34.5 Å². The van der Waals surface area contributed by atoms with Crippen LogP contribution in [0.15, 0.2) is 66.9 Å². The third kappa shape index (κ3) is 5.15. The summed E-state index contributed by atoms with van der Waals surface area (Å²) in [6.45, 7) is 1.70. The van der Waals surface area contributed by atoms with Gasteiger partial charge in [0.2, 0.25) is 0 Å². The van der Waals surface area contributed by atoms with Crippen molar-refractivity contribution in [3.05, 3.63) is 83.7 Å². The standard InChI is InChI=1S/C26H25N3O6/c1-15(34-2)23(25(31)32)29-24(30)22-12-11-16(13-27-22)28-26(33)35-14-21-19-9-5-3-7-17(19)18-8-4-6-10-20(18)21/h3-13,15,21,23H,14H2,1-2H3,(H,28,33)(H,29,30)(H,31,32)/t15-,23+/m1/s1. The fraction of sp³-hybridized carbons (Fsp3) is 0.231. The summed E-state index contributed by atoms with van der Waals surface area (Å²) in [4.78, 5) is 40.1. The molecule has 4 rings (SSSR count). The zero-order valence-electron chi connectivity index (χ0n) is 19.2. The molecule has 0 bridgehead atoms. The maximum absolute atomic E-state index is 12.4. The predicted octanol–water partition coefficient (Wildman–Crippen LogP) is 3.66. The topological polar surface area (TPSA) is 127 Å². The Balaban J connectivity index is 1.36. The third-order valence-corrected chi connectivity index (χ3v) is 5.98. The van der Waals surface area contributed by atoms with Crippen molar-refractivity contribution in [3.63, 3.8) is 0 Å². The van der Waals surface area contributed by atoms with Crippen LogP contribution in [0.2, 0.25) is 0 Å². The molecule has 0 aliphatic heterocycles. The molecule has 9 heteroatoms. The molecule has 2 amide bonds. The van der Waals surface area contributed by atoms with E-state index in [4.69, 9.17) is 9.47 Å². The van der Waals surface area contributed by atoms with Crippen molar-refractivity contribution in [1.29, 1.82) is 0 Å². The van der Waals surface area contributed by atoms with E-state index in [1.807, 2.05) is 36.4 Å². The van der Waals surface area contributed by atoms with Crippen molar-refractivity contribution in [2.75, 3.05) is 19.0 Å². The first kappa shape index (κ1) is 23.9. The van der Waals surface area contributed by atoms with E-state index in [9.17, 15) is 19.5 Å². The van der Waals surface area contributed by atoms with Gasteiger partial charge in [-0.25, -0.2) is 14.6 Å². The summed E-state index contributed by atoms with van der Waals surface area (Å²) in [5.74, 6) is -1.95. The lowest BCUT2D eigenvalue weighted by atomic mass is 9.98. The van der Waals surface area contributed by atoms with Gasteiger partial charge in [-0.2, -0.15) is 0 Å². The second kappa shape index (κ2) is 10.4. The molecule has 35 heavy (non-hydrogen) atoms. The first-order chi connectivity index (χ1) is 16.9. The molecule has 2 aromatic carbocycles. The fourth-order valence-corrected chi connectivity index (χ4v) is 4.09. The van der Waals surface area contributed by atoms with Crippen molar-refractivity contribution >= 4 is 23.7 Å². The van der Waals surface area contributed by atoms with Crippen molar-refractivity contribution in [2.24, 2.45) is 0 Å². The number of aromatic nitrogens is 1. The van der Waals surface area contributed by atoms with Crippen LogP contribution in [0.4, 0.5) is 10.5 Å². The Morgan fingerprint density at radius 1 is 1.00 bits per heavy atom. The average molecular weight is 476 g/mol. The Morgan fingerprint density at radius 2 is 1.63 bits per heavy atom. The Bertz CT molecular complexity index is 1200. The number of hydrogen-bond donors (Lipinski definition) is 3. The molecule has 0 unspecified atom stereocenters. The number of carbonyl (C=O) groups excluding carboxylic acids is 2. The van der Waals surface area contributed by atoms with Gasteiger partial charge in [0.15, 0.2) is 6.04 Å². The molecule has 3 aromatic rings. The van der Waals surface area contributed by atoms with Crippen molar-refractivity contribution in [1.82, 2.24) is 10.3 Å². The van der Waals surface area contributed by atoms with Crippen LogP contribution in [-0.2, 0) is 14.3 Å².